The maximum absolute atomic E-state index is 5.98. The molecule has 1 aromatic carbocycles. The smallest absolute Gasteiger partial charge is 0.139 e. The highest BCUT2D eigenvalue weighted by molar-refractivity contribution is 5.66. The van der Waals surface area contributed by atoms with Gasteiger partial charge in [0.1, 0.15) is 17.5 Å². The van der Waals surface area contributed by atoms with E-state index in [2.05, 4.69) is 54.3 Å². The first-order valence-corrected chi connectivity index (χ1v) is 6.98. The summed E-state index contributed by atoms with van der Waals surface area (Å²) in [7, 11) is 0. The molecular formula is C16H22N4. The van der Waals surface area contributed by atoms with Gasteiger partial charge in [-0.1, -0.05) is 19.1 Å². The van der Waals surface area contributed by atoms with Crippen LogP contribution >= 0.6 is 0 Å². The maximum atomic E-state index is 5.98. The predicted molar refractivity (Wildman–Crippen MR) is 84.4 cm³/mol. The lowest BCUT2D eigenvalue weighted by Gasteiger charge is -2.14. The van der Waals surface area contributed by atoms with Gasteiger partial charge in [-0.3, -0.25) is 0 Å². The number of aromatic nitrogens is 2. The van der Waals surface area contributed by atoms with Crippen LogP contribution in [-0.4, -0.2) is 9.97 Å². The van der Waals surface area contributed by atoms with Crippen molar-refractivity contribution in [1.29, 1.82) is 0 Å². The van der Waals surface area contributed by atoms with Crippen LogP contribution in [0.25, 0.3) is 0 Å². The third-order valence-electron chi connectivity index (χ3n) is 3.35. The summed E-state index contributed by atoms with van der Waals surface area (Å²) < 4.78 is 0. The third-order valence-corrected chi connectivity index (χ3v) is 3.35. The zero-order valence-corrected chi connectivity index (χ0v) is 12.6. The van der Waals surface area contributed by atoms with Crippen molar-refractivity contribution in [2.24, 2.45) is 0 Å². The highest BCUT2D eigenvalue weighted by Crippen LogP contribution is 2.25. The number of hydrogen-bond acceptors (Lipinski definition) is 4. The molecule has 0 aliphatic heterocycles. The molecule has 0 bridgehead atoms. The molecule has 1 heterocycles. The lowest BCUT2D eigenvalue weighted by Crippen LogP contribution is -2.07. The van der Waals surface area contributed by atoms with E-state index in [1.165, 1.54) is 11.1 Å². The molecule has 0 saturated carbocycles. The molecule has 2 rings (SSSR count). The molecule has 0 saturated heterocycles. The van der Waals surface area contributed by atoms with Crippen LogP contribution in [0, 0.1) is 20.8 Å². The Morgan fingerprint density at radius 1 is 1.15 bits per heavy atom. The second-order valence-corrected chi connectivity index (χ2v) is 5.19. The number of nitrogens with zero attached hydrogens (tertiary/aromatic N) is 2. The molecule has 0 aliphatic carbocycles. The zero-order chi connectivity index (χ0) is 14.7. The van der Waals surface area contributed by atoms with Crippen LogP contribution in [0.3, 0.4) is 0 Å². The number of aryl methyl sites for hydroxylation is 3. The van der Waals surface area contributed by atoms with Gasteiger partial charge in [-0.15, -0.1) is 0 Å². The van der Waals surface area contributed by atoms with Crippen LogP contribution < -0.4 is 11.1 Å². The van der Waals surface area contributed by atoms with Gasteiger partial charge in [0.05, 0.1) is 0 Å². The molecule has 1 aromatic heterocycles. The number of rotatable bonds is 4. The van der Waals surface area contributed by atoms with Crippen molar-refractivity contribution in [2.75, 3.05) is 11.1 Å². The van der Waals surface area contributed by atoms with Gasteiger partial charge in [-0.25, -0.2) is 9.97 Å². The van der Waals surface area contributed by atoms with Crippen LogP contribution in [0.1, 0.15) is 35.9 Å². The summed E-state index contributed by atoms with van der Waals surface area (Å²) in [6, 6.07) is 6.32. The first-order valence-electron chi connectivity index (χ1n) is 6.98. The summed E-state index contributed by atoms with van der Waals surface area (Å²) in [6.45, 7) is 8.21. The summed E-state index contributed by atoms with van der Waals surface area (Å²) in [5, 5.41) is 3.39. The summed E-state index contributed by atoms with van der Waals surface area (Å²) in [6.07, 6.45) is 1.84. The number of nitrogens with two attached hydrogens (primary N) is 1. The van der Waals surface area contributed by atoms with Crippen molar-refractivity contribution < 1.29 is 0 Å². The van der Waals surface area contributed by atoms with Crippen LogP contribution in [0.5, 0.6) is 0 Å². The van der Waals surface area contributed by atoms with Crippen LogP contribution in [0.15, 0.2) is 18.2 Å². The Hall–Kier alpha value is -2.10. The summed E-state index contributed by atoms with van der Waals surface area (Å²) >= 11 is 0. The fourth-order valence-corrected chi connectivity index (χ4v) is 2.04. The van der Waals surface area contributed by atoms with Gasteiger partial charge in [0.25, 0.3) is 0 Å². The second kappa shape index (κ2) is 5.90. The number of nitrogens with one attached hydrogen (secondary N) is 1. The van der Waals surface area contributed by atoms with Gasteiger partial charge in [-0.2, -0.15) is 0 Å². The summed E-state index contributed by atoms with van der Waals surface area (Å²) in [4.78, 5) is 8.92. The first kappa shape index (κ1) is 14.3. The van der Waals surface area contributed by atoms with E-state index in [1.807, 2.05) is 6.92 Å². The molecule has 106 valence electrons. The monoisotopic (exact) mass is 270 g/mol. The van der Waals surface area contributed by atoms with Crippen LogP contribution in [0.2, 0.25) is 0 Å². The molecule has 0 spiro atoms. The van der Waals surface area contributed by atoms with E-state index >= 15 is 0 Å². The minimum atomic E-state index is 0.552. The standard InChI is InChI=1S/C16H22N4/c1-5-6-14-19-15(17)12(4)16(20-14)18-13-9-10(2)7-8-11(13)3/h7-9H,5-6H2,1-4H3,(H3,17,18,19,20). The quantitative estimate of drug-likeness (QED) is 0.889. The van der Waals surface area contributed by atoms with Crippen molar-refractivity contribution in [1.82, 2.24) is 9.97 Å². The first-order chi connectivity index (χ1) is 9.51. The van der Waals surface area contributed by atoms with Crippen LogP contribution in [-0.2, 0) is 6.42 Å². The molecule has 20 heavy (non-hydrogen) atoms. The molecule has 2 aromatic rings. The van der Waals surface area contributed by atoms with Gasteiger partial charge < -0.3 is 11.1 Å². The Morgan fingerprint density at radius 3 is 2.60 bits per heavy atom. The SMILES string of the molecule is CCCc1nc(N)c(C)c(Nc2cc(C)ccc2C)n1. The minimum Gasteiger partial charge on any atom is -0.383 e. The lowest BCUT2D eigenvalue weighted by molar-refractivity contribution is 0.836. The Bertz CT molecular complexity index is 620. The van der Waals surface area contributed by atoms with Crippen LogP contribution in [0.4, 0.5) is 17.3 Å². The van der Waals surface area contributed by atoms with Gasteiger partial charge >= 0.3 is 0 Å². The Morgan fingerprint density at radius 2 is 1.90 bits per heavy atom. The molecule has 0 unspecified atom stereocenters. The predicted octanol–water partition coefficient (Wildman–Crippen LogP) is 3.68. The Kier molecular flexibility index (Phi) is 4.23. The Labute approximate surface area is 120 Å². The largest absolute Gasteiger partial charge is 0.383 e. The van der Waals surface area contributed by atoms with Gasteiger partial charge in [-0.05, 0) is 44.4 Å². The average Bonchev–Trinajstić information content (AvgIpc) is 2.40. The van der Waals surface area contributed by atoms with E-state index in [0.29, 0.717) is 5.82 Å². The third kappa shape index (κ3) is 3.07. The van der Waals surface area contributed by atoms with Crippen molar-refractivity contribution in [3.05, 3.63) is 40.7 Å². The summed E-state index contributed by atoms with van der Waals surface area (Å²) in [5.41, 5.74) is 10.3. The van der Waals surface area contributed by atoms with E-state index in [0.717, 1.165) is 35.7 Å². The molecule has 3 N–H and O–H groups in total. The van der Waals surface area contributed by atoms with E-state index in [9.17, 15) is 0 Å². The maximum Gasteiger partial charge on any atom is 0.139 e. The van der Waals surface area contributed by atoms with E-state index < -0.39 is 0 Å². The number of benzene rings is 1. The fraction of sp³-hybridized carbons (Fsp3) is 0.375. The molecule has 0 radical (unpaired) electrons. The number of anilines is 3. The molecule has 0 aliphatic rings. The minimum absolute atomic E-state index is 0.552. The van der Waals surface area contributed by atoms with Gasteiger partial charge in [0.15, 0.2) is 0 Å². The number of hydrogen-bond donors (Lipinski definition) is 2. The normalized spacial score (nSPS) is 10.6. The van der Waals surface area contributed by atoms with E-state index in [4.69, 9.17) is 5.73 Å². The molecule has 4 heteroatoms. The highest BCUT2D eigenvalue weighted by Gasteiger charge is 2.09. The zero-order valence-electron chi connectivity index (χ0n) is 12.6. The summed E-state index contributed by atoms with van der Waals surface area (Å²) in [5.74, 6) is 2.15. The van der Waals surface area contributed by atoms with E-state index in [-0.39, 0.29) is 0 Å². The molecule has 0 fully saturated rings. The molecule has 4 nitrogen and oxygen atoms in total. The highest BCUT2D eigenvalue weighted by atomic mass is 15.1. The van der Waals surface area contributed by atoms with Gasteiger partial charge in [0.2, 0.25) is 0 Å². The fourth-order valence-electron chi connectivity index (χ4n) is 2.04. The molecule has 0 atom stereocenters. The van der Waals surface area contributed by atoms with Crippen molar-refractivity contribution >= 4 is 17.3 Å². The van der Waals surface area contributed by atoms with E-state index in [1.54, 1.807) is 0 Å². The van der Waals surface area contributed by atoms with Gasteiger partial charge in [0, 0.05) is 17.7 Å². The molecular weight excluding hydrogens is 248 g/mol. The van der Waals surface area contributed by atoms with Crippen molar-refractivity contribution in [3.8, 4) is 0 Å². The average molecular weight is 270 g/mol. The second-order valence-electron chi connectivity index (χ2n) is 5.19. The Balaban J connectivity index is 2.39. The number of nitrogen functional groups attached to an aromatic ring is 1. The van der Waals surface area contributed by atoms with Crippen molar-refractivity contribution in [2.45, 2.75) is 40.5 Å². The molecule has 0 amide bonds. The lowest BCUT2D eigenvalue weighted by atomic mass is 10.1. The topological polar surface area (TPSA) is 63.8 Å². The van der Waals surface area contributed by atoms with Crippen molar-refractivity contribution in [3.63, 3.8) is 0 Å².